The molecule has 0 aromatic carbocycles. The molecule has 0 aromatic heterocycles. The van der Waals surface area contributed by atoms with Crippen molar-refractivity contribution in [3.63, 3.8) is 0 Å². The highest BCUT2D eigenvalue weighted by molar-refractivity contribution is 4.94. The number of ether oxygens (including phenoxy) is 3. The largest absolute Gasteiger partial charge is 0.383 e. The van der Waals surface area contributed by atoms with Crippen LogP contribution < -0.4 is 5.32 Å². The lowest BCUT2D eigenvalue weighted by Crippen LogP contribution is -2.27. The molecule has 0 bridgehead atoms. The Morgan fingerprint density at radius 1 is 1.00 bits per heavy atom. The molecule has 1 aliphatic carbocycles. The second-order valence-electron chi connectivity index (χ2n) is 4.88. The van der Waals surface area contributed by atoms with Crippen molar-refractivity contribution < 1.29 is 14.2 Å². The molecule has 1 rings (SSSR count). The SMILES string of the molecule is COCCNCC1(CCCOCCOC)CC1. The fourth-order valence-electron chi connectivity index (χ4n) is 2.01. The van der Waals surface area contributed by atoms with E-state index in [9.17, 15) is 0 Å². The lowest BCUT2D eigenvalue weighted by molar-refractivity contribution is 0.0666. The summed E-state index contributed by atoms with van der Waals surface area (Å²) in [6.07, 6.45) is 5.17. The molecule has 0 aromatic rings. The van der Waals surface area contributed by atoms with E-state index in [1.54, 1.807) is 14.2 Å². The molecule has 1 saturated carbocycles. The summed E-state index contributed by atoms with van der Waals surface area (Å²) < 4.78 is 15.4. The Morgan fingerprint density at radius 3 is 2.41 bits per heavy atom. The summed E-state index contributed by atoms with van der Waals surface area (Å²) in [7, 11) is 3.44. The van der Waals surface area contributed by atoms with Crippen LogP contribution in [0.1, 0.15) is 25.7 Å². The molecule has 17 heavy (non-hydrogen) atoms. The van der Waals surface area contributed by atoms with Crippen molar-refractivity contribution in [3.05, 3.63) is 0 Å². The van der Waals surface area contributed by atoms with Crippen LogP contribution in [-0.2, 0) is 14.2 Å². The Bertz CT molecular complexity index is 184. The molecule has 1 fully saturated rings. The minimum Gasteiger partial charge on any atom is -0.383 e. The molecule has 1 N–H and O–H groups in total. The van der Waals surface area contributed by atoms with Gasteiger partial charge in [0.05, 0.1) is 19.8 Å². The van der Waals surface area contributed by atoms with Gasteiger partial charge in [-0.1, -0.05) is 0 Å². The van der Waals surface area contributed by atoms with E-state index in [4.69, 9.17) is 14.2 Å². The second kappa shape index (κ2) is 8.86. The smallest absolute Gasteiger partial charge is 0.0700 e. The van der Waals surface area contributed by atoms with Crippen molar-refractivity contribution >= 4 is 0 Å². The summed E-state index contributed by atoms with van der Waals surface area (Å²) >= 11 is 0. The van der Waals surface area contributed by atoms with Gasteiger partial charge in [0.25, 0.3) is 0 Å². The highest BCUT2D eigenvalue weighted by Gasteiger charge is 2.41. The minimum atomic E-state index is 0.568. The van der Waals surface area contributed by atoms with Gasteiger partial charge in [0.15, 0.2) is 0 Å². The standard InChI is InChI=1S/C13H27NO3/c1-15-9-7-14-12-13(5-6-13)4-3-8-17-11-10-16-2/h14H,3-12H2,1-2H3. The molecule has 4 nitrogen and oxygen atoms in total. The Kier molecular flexibility index (Phi) is 7.77. The van der Waals surface area contributed by atoms with E-state index < -0.39 is 0 Å². The molecule has 0 heterocycles. The van der Waals surface area contributed by atoms with Crippen LogP contribution >= 0.6 is 0 Å². The lowest BCUT2D eigenvalue weighted by atomic mass is 10.0. The molecule has 0 aliphatic heterocycles. The predicted octanol–water partition coefficient (Wildman–Crippen LogP) is 1.45. The van der Waals surface area contributed by atoms with Gasteiger partial charge in [-0.25, -0.2) is 0 Å². The van der Waals surface area contributed by atoms with E-state index in [2.05, 4.69) is 5.32 Å². The quantitative estimate of drug-likeness (QED) is 0.528. The Balaban J connectivity index is 1.91. The maximum absolute atomic E-state index is 5.47. The third-order valence-electron chi connectivity index (χ3n) is 3.37. The van der Waals surface area contributed by atoms with Gasteiger partial charge < -0.3 is 19.5 Å². The lowest BCUT2D eigenvalue weighted by Gasteiger charge is -2.15. The number of methoxy groups -OCH3 is 2. The van der Waals surface area contributed by atoms with Crippen molar-refractivity contribution in [3.8, 4) is 0 Å². The first-order chi connectivity index (χ1) is 8.33. The van der Waals surface area contributed by atoms with Crippen LogP contribution in [0.2, 0.25) is 0 Å². The summed E-state index contributed by atoms with van der Waals surface area (Å²) in [5.74, 6) is 0. The van der Waals surface area contributed by atoms with Gasteiger partial charge in [0.2, 0.25) is 0 Å². The first kappa shape index (κ1) is 14.9. The molecule has 1 aliphatic rings. The highest BCUT2D eigenvalue weighted by Crippen LogP contribution is 2.48. The van der Waals surface area contributed by atoms with Crippen LogP contribution in [0.5, 0.6) is 0 Å². The third kappa shape index (κ3) is 6.99. The molecule has 4 heteroatoms. The van der Waals surface area contributed by atoms with Crippen LogP contribution in [0.25, 0.3) is 0 Å². The molecule has 0 spiro atoms. The van der Waals surface area contributed by atoms with Gasteiger partial charge >= 0.3 is 0 Å². The van der Waals surface area contributed by atoms with Gasteiger partial charge in [-0.3, -0.25) is 0 Å². The third-order valence-corrected chi connectivity index (χ3v) is 3.37. The zero-order valence-corrected chi connectivity index (χ0v) is 11.3. The van der Waals surface area contributed by atoms with E-state index >= 15 is 0 Å². The first-order valence-electron chi connectivity index (χ1n) is 6.59. The van der Waals surface area contributed by atoms with E-state index in [1.165, 1.54) is 19.3 Å². The summed E-state index contributed by atoms with van der Waals surface area (Å²) in [5, 5.41) is 3.46. The van der Waals surface area contributed by atoms with Crippen molar-refractivity contribution in [2.75, 3.05) is 53.7 Å². The van der Waals surface area contributed by atoms with E-state index in [0.29, 0.717) is 12.0 Å². The normalized spacial score (nSPS) is 17.3. The summed E-state index contributed by atoms with van der Waals surface area (Å²) in [6.45, 7) is 5.18. The average Bonchev–Trinajstić information content (AvgIpc) is 3.10. The van der Waals surface area contributed by atoms with Gasteiger partial charge in [-0.2, -0.15) is 0 Å². The maximum atomic E-state index is 5.47. The molecule has 0 radical (unpaired) electrons. The number of hydrogen-bond donors (Lipinski definition) is 1. The highest BCUT2D eigenvalue weighted by atomic mass is 16.5. The summed E-state index contributed by atoms with van der Waals surface area (Å²) in [6, 6.07) is 0. The van der Waals surface area contributed by atoms with E-state index in [0.717, 1.165) is 39.3 Å². The van der Waals surface area contributed by atoms with Crippen molar-refractivity contribution in [1.29, 1.82) is 0 Å². The van der Waals surface area contributed by atoms with Crippen LogP contribution in [0, 0.1) is 5.41 Å². The molecule has 0 unspecified atom stereocenters. The van der Waals surface area contributed by atoms with Gasteiger partial charge in [-0.05, 0) is 31.1 Å². The summed E-state index contributed by atoms with van der Waals surface area (Å²) in [4.78, 5) is 0. The minimum absolute atomic E-state index is 0.568. The molecule has 0 atom stereocenters. The van der Waals surface area contributed by atoms with Crippen molar-refractivity contribution in [2.45, 2.75) is 25.7 Å². The number of rotatable bonds is 12. The fraction of sp³-hybridized carbons (Fsp3) is 1.00. The van der Waals surface area contributed by atoms with Crippen LogP contribution in [0.3, 0.4) is 0 Å². The van der Waals surface area contributed by atoms with E-state index in [-0.39, 0.29) is 0 Å². The molecular weight excluding hydrogens is 218 g/mol. The predicted molar refractivity (Wildman–Crippen MR) is 68.3 cm³/mol. The van der Waals surface area contributed by atoms with Gasteiger partial charge in [-0.15, -0.1) is 0 Å². The Labute approximate surface area is 105 Å². The van der Waals surface area contributed by atoms with Crippen molar-refractivity contribution in [2.24, 2.45) is 5.41 Å². The number of nitrogens with one attached hydrogen (secondary N) is 1. The second-order valence-corrected chi connectivity index (χ2v) is 4.88. The first-order valence-corrected chi connectivity index (χ1v) is 6.59. The fourth-order valence-corrected chi connectivity index (χ4v) is 2.01. The average molecular weight is 245 g/mol. The summed E-state index contributed by atoms with van der Waals surface area (Å²) in [5.41, 5.74) is 0.568. The molecule has 0 amide bonds. The Morgan fingerprint density at radius 2 is 1.76 bits per heavy atom. The Hall–Kier alpha value is -0.160. The maximum Gasteiger partial charge on any atom is 0.0700 e. The van der Waals surface area contributed by atoms with Gasteiger partial charge in [0.1, 0.15) is 0 Å². The van der Waals surface area contributed by atoms with Gasteiger partial charge in [0, 0.05) is 33.9 Å². The zero-order valence-electron chi connectivity index (χ0n) is 11.3. The topological polar surface area (TPSA) is 39.7 Å². The van der Waals surface area contributed by atoms with E-state index in [1.807, 2.05) is 0 Å². The van der Waals surface area contributed by atoms with Crippen LogP contribution in [0.15, 0.2) is 0 Å². The van der Waals surface area contributed by atoms with Crippen molar-refractivity contribution in [1.82, 2.24) is 5.32 Å². The van der Waals surface area contributed by atoms with Crippen LogP contribution in [0.4, 0.5) is 0 Å². The molecule has 102 valence electrons. The molecular formula is C13H27NO3. The zero-order chi connectivity index (χ0) is 12.4. The monoisotopic (exact) mass is 245 g/mol. The van der Waals surface area contributed by atoms with Crippen LogP contribution in [-0.4, -0.2) is 53.7 Å². The molecule has 0 saturated heterocycles. The number of hydrogen-bond acceptors (Lipinski definition) is 4.